The molecule has 3 N–H and O–H groups in total. The van der Waals surface area contributed by atoms with E-state index in [9.17, 15) is 4.39 Å². The smallest absolute Gasteiger partial charge is 0.124 e. The first-order chi connectivity index (χ1) is 8.58. The minimum atomic E-state index is -0.306. The maximum absolute atomic E-state index is 13.2. The number of anilines is 1. The van der Waals surface area contributed by atoms with Gasteiger partial charge in [-0.05, 0) is 37.0 Å². The van der Waals surface area contributed by atoms with Gasteiger partial charge in [0.15, 0.2) is 0 Å². The fraction of sp³-hybridized carbons (Fsp3) is 0.500. The van der Waals surface area contributed by atoms with Gasteiger partial charge in [-0.15, -0.1) is 0 Å². The average Bonchev–Trinajstić information content (AvgIpc) is 2.34. The Morgan fingerprint density at radius 2 is 2.11 bits per heavy atom. The van der Waals surface area contributed by atoms with E-state index in [1.165, 1.54) is 31.4 Å². The van der Waals surface area contributed by atoms with Crippen LogP contribution in [0.25, 0.3) is 0 Å². The zero-order valence-corrected chi connectivity index (χ0v) is 11.4. The largest absolute Gasteiger partial charge is 0.389 e. The van der Waals surface area contributed by atoms with Crippen LogP contribution in [0.4, 0.5) is 10.1 Å². The topological polar surface area (TPSA) is 38.0 Å². The van der Waals surface area contributed by atoms with E-state index in [-0.39, 0.29) is 10.8 Å². The van der Waals surface area contributed by atoms with Crippen LogP contribution in [0, 0.1) is 11.7 Å². The first kappa shape index (κ1) is 13.3. The molecule has 1 aromatic carbocycles. The summed E-state index contributed by atoms with van der Waals surface area (Å²) < 4.78 is 13.2. The van der Waals surface area contributed by atoms with E-state index < -0.39 is 0 Å². The highest BCUT2D eigenvalue weighted by atomic mass is 32.1. The zero-order valence-electron chi connectivity index (χ0n) is 10.6. The molecule has 1 fully saturated rings. The number of hydrogen-bond donors (Lipinski definition) is 2. The molecular formula is C14H19FN2S. The molecule has 0 amide bonds. The van der Waals surface area contributed by atoms with Gasteiger partial charge < -0.3 is 11.1 Å². The van der Waals surface area contributed by atoms with Crippen molar-refractivity contribution in [3.63, 3.8) is 0 Å². The van der Waals surface area contributed by atoms with Gasteiger partial charge >= 0.3 is 0 Å². The Balaban J connectivity index is 2.20. The summed E-state index contributed by atoms with van der Waals surface area (Å²) in [6, 6.07) is 5.00. The first-order valence-corrected chi connectivity index (χ1v) is 6.84. The molecule has 18 heavy (non-hydrogen) atoms. The maximum Gasteiger partial charge on any atom is 0.124 e. The van der Waals surface area contributed by atoms with Crippen molar-refractivity contribution in [3.05, 3.63) is 29.6 Å². The van der Waals surface area contributed by atoms with Crippen LogP contribution in [-0.2, 0) is 0 Å². The molecule has 2 rings (SSSR count). The molecule has 0 saturated heterocycles. The normalized spacial score (nSPS) is 23.7. The summed E-state index contributed by atoms with van der Waals surface area (Å²) in [6.07, 6.45) is 4.92. The van der Waals surface area contributed by atoms with Crippen molar-refractivity contribution in [3.8, 4) is 0 Å². The van der Waals surface area contributed by atoms with Gasteiger partial charge in [-0.1, -0.05) is 32.0 Å². The first-order valence-electron chi connectivity index (χ1n) is 6.44. The molecular weight excluding hydrogens is 247 g/mol. The van der Waals surface area contributed by atoms with Gasteiger partial charge in [0, 0.05) is 17.3 Å². The van der Waals surface area contributed by atoms with Gasteiger partial charge in [0.2, 0.25) is 0 Å². The third kappa shape index (κ3) is 2.99. The number of thiocarbonyl (C=S) groups is 1. The molecule has 0 aliphatic heterocycles. The molecule has 0 bridgehead atoms. The molecule has 2 nitrogen and oxygen atoms in total. The Hall–Kier alpha value is -1.16. The van der Waals surface area contributed by atoms with Crippen molar-refractivity contribution in [1.29, 1.82) is 0 Å². The molecule has 1 aromatic rings. The monoisotopic (exact) mass is 266 g/mol. The Morgan fingerprint density at radius 3 is 2.78 bits per heavy atom. The van der Waals surface area contributed by atoms with Crippen molar-refractivity contribution in [2.45, 2.75) is 38.6 Å². The van der Waals surface area contributed by atoms with Crippen LogP contribution in [0.1, 0.15) is 38.2 Å². The van der Waals surface area contributed by atoms with Crippen molar-refractivity contribution in [1.82, 2.24) is 0 Å². The van der Waals surface area contributed by atoms with Crippen LogP contribution in [0.3, 0.4) is 0 Å². The minimum Gasteiger partial charge on any atom is -0.389 e. The molecule has 2 atom stereocenters. The quantitative estimate of drug-likeness (QED) is 0.823. The number of nitrogens with one attached hydrogen (secondary N) is 1. The molecule has 98 valence electrons. The van der Waals surface area contributed by atoms with Crippen LogP contribution in [-0.4, -0.2) is 11.0 Å². The van der Waals surface area contributed by atoms with Gasteiger partial charge in [0.1, 0.15) is 10.8 Å². The Kier molecular flexibility index (Phi) is 4.17. The van der Waals surface area contributed by atoms with Gasteiger partial charge in [-0.3, -0.25) is 0 Å². The number of benzene rings is 1. The summed E-state index contributed by atoms with van der Waals surface area (Å²) in [5.41, 5.74) is 7.10. The lowest BCUT2D eigenvalue weighted by atomic mass is 9.85. The second kappa shape index (κ2) is 5.65. The highest BCUT2D eigenvalue weighted by Gasteiger charge is 2.22. The summed E-state index contributed by atoms with van der Waals surface area (Å²) in [7, 11) is 0. The van der Waals surface area contributed by atoms with Crippen molar-refractivity contribution in [2.75, 3.05) is 5.32 Å². The maximum atomic E-state index is 13.2. The zero-order chi connectivity index (χ0) is 13.1. The second-order valence-corrected chi connectivity index (χ2v) is 5.51. The molecule has 1 saturated carbocycles. The van der Waals surface area contributed by atoms with Crippen molar-refractivity contribution < 1.29 is 4.39 Å². The number of nitrogens with two attached hydrogens (primary N) is 1. The van der Waals surface area contributed by atoms with E-state index in [4.69, 9.17) is 18.0 Å². The van der Waals surface area contributed by atoms with Crippen LogP contribution in [0.5, 0.6) is 0 Å². The highest BCUT2D eigenvalue weighted by molar-refractivity contribution is 7.80. The van der Waals surface area contributed by atoms with Gasteiger partial charge in [-0.25, -0.2) is 4.39 Å². The summed E-state index contributed by atoms with van der Waals surface area (Å²) in [5, 5.41) is 3.47. The van der Waals surface area contributed by atoms with E-state index in [0.717, 1.165) is 12.1 Å². The van der Waals surface area contributed by atoms with Gasteiger partial charge in [-0.2, -0.15) is 0 Å². The van der Waals surface area contributed by atoms with Gasteiger partial charge in [0.05, 0.1) is 0 Å². The fourth-order valence-corrected chi connectivity index (χ4v) is 2.75. The number of rotatable bonds is 3. The third-order valence-electron chi connectivity index (χ3n) is 3.70. The molecule has 0 heterocycles. The molecule has 4 heteroatoms. The summed E-state index contributed by atoms with van der Waals surface area (Å²) >= 11 is 4.98. The molecule has 0 spiro atoms. The predicted molar refractivity (Wildman–Crippen MR) is 77.3 cm³/mol. The Labute approximate surface area is 113 Å². The van der Waals surface area contributed by atoms with E-state index >= 15 is 0 Å². The highest BCUT2D eigenvalue weighted by Crippen LogP contribution is 2.28. The van der Waals surface area contributed by atoms with E-state index in [1.54, 1.807) is 6.07 Å². The number of halogens is 1. The fourth-order valence-electron chi connectivity index (χ4n) is 2.58. The summed E-state index contributed by atoms with van der Waals surface area (Å²) in [5.74, 6) is 0.322. The average molecular weight is 266 g/mol. The van der Waals surface area contributed by atoms with E-state index in [1.807, 2.05) is 0 Å². The predicted octanol–water partition coefficient (Wildman–Crippen LogP) is 3.45. The van der Waals surface area contributed by atoms with Crippen LogP contribution >= 0.6 is 12.2 Å². The minimum absolute atomic E-state index is 0.237. The van der Waals surface area contributed by atoms with Crippen molar-refractivity contribution >= 4 is 22.9 Å². The number of hydrogen-bond acceptors (Lipinski definition) is 2. The van der Waals surface area contributed by atoms with Gasteiger partial charge in [0.25, 0.3) is 0 Å². The Morgan fingerprint density at radius 1 is 1.39 bits per heavy atom. The van der Waals surface area contributed by atoms with E-state index in [0.29, 0.717) is 17.5 Å². The van der Waals surface area contributed by atoms with Crippen LogP contribution in [0.2, 0.25) is 0 Å². The van der Waals surface area contributed by atoms with Crippen LogP contribution < -0.4 is 11.1 Å². The second-order valence-electron chi connectivity index (χ2n) is 5.07. The molecule has 0 aromatic heterocycles. The lowest BCUT2D eigenvalue weighted by Gasteiger charge is -2.31. The van der Waals surface area contributed by atoms with Crippen molar-refractivity contribution in [2.24, 2.45) is 11.7 Å². The van der Waals surface area contributed by atoms with Crippen LogP contribution in [0.15, 0.2) is 18.2 Å². The standard InChI is InChI=1S/C14H19FN2S/c1-9-4-2-3-5-12(9)17-13-7-6-10(15)8-11(13)14(16)18/h6-9,12,17H,2-5H2,1H3,(H2,16,18). The molecule has 1 aliphatic carbocycles. The lowest BCUT2D eigenvalue weighted by molar-refractivity contribution is 0.349. The molecule has 0 radical (unpaired) electrons. The third-order valence-corrected chi connectivity index (χ3v) is 3.92. The molecule has 2 unspecified atom stereocenters. The van der Waals surface area contributed by atoms with E-state index in [2.05, 4.69) is 12.2 Å². The molecule has 1 aliphatic rings. The summed E-state index contributed by atoms with van der Waals surface area (Å²) in [6.45, 7) is 2.25. The summed E-state index contributed by atoms with van der Waals surface area (Å²) in [4.78, 5) is 0.237. The SMILES string of the molecule is CC1CCCCC1Nc1ccc(F)cc1C(N)=S. The lowest BCUT2D eigenvalue weighted by Crippen LogP contribution is -2.31. The Bertz CT molecular complexity index is 447.